The summed E-state index contributed by atoms with van der Waals surface area (Å²) in [5.74, 6) is -0.636. The molecule has 1 saturated heterocycles. The van der Waals surface area contributed by atoms with E-state index in [1.807, 2.05) is 0 Å². The summed E-state index contributed by atoms with van der Waals surface area (Å²) in [5.41, 5.74) is 0.192. The molecule has 1 fully saturated rings. The molecule has 0 spiro atoms. The number of hydrogen-bond acceptors (Lipinski definition) is 6. The van der Waals surface area contributed by atoms with Crippen LogP contribution < -0.4 is 10.6 Å². The van der Waals surface area contributed by atoms with Crippen molar-refractivity contribution in [2.75, 3.05) is 11.9 Å². The third kappa shape index (κ3) is 4.86. The van der Waals surface area contributed by atoms with Gasteiger partial charge in [0.1, 0.15) is 17.6 Å². The number of aromatic nitrogens is 4. The molecule has 2 N–H and O–H groups in total. The van der Waals surface area contributed by atoms with Crippen molar-refractivity contribution < 1.29 is 22.8 Å². The lowest BCUT2D eigenvalue weighted by Crippen LogP contribution is -2.44. The average Bonchev–Trinajstić information content (AvgIpc) is 3.12. The maximum absolute atomic E-state index is 13.1. The second-order valence-electron chi connectivity index (χ2n) is 7.82. The topological polar surface area (TPSA) is 102 Å². The Morgan fingerprint density at radius 3 is 2.64 bits per heavy atom. The molecule has 0 radical (unpaired) electrons. The first-order chi connectivity index (χ1) is 15.6. The number of benzene rings is 1. The smallest absolute Gasteiger partial charge is 0.358 e. The van der Waals surface area contributed by atoms with Gasteiger partial charge in [0.15, 0.2) is 0 Å². The summed E-state index contributed by atoms with van der Waals surface area (Å²) in [6, 6.07) is 6.72. The van der Waals surface area contributed by atoms with Crippen LogP contribution in [0.15, 0.2) is 36.4 Å². The van der Waals surface area contributed by atoms with Crippen molar-refractivity contribution in [3.8, 4) is 5.95 Å². The Morgan fingerprint density at radius 2 is 1.97 bits per heavy atom. The molecule has 8 nitrogen and oxygen atoms in total. The molecule has 33 heavy (non-hydrogen) atoms. The van der Waals surface area contributed by atoms with E-state index < -0.39 is 23.6 Å². The van der Waals surface area contributed by atoms with Gasteiger partial charge >= 0.3 is 6.18 Å². The highest BCUT2D eigenvalue weighted by molar-refractivity contribution is 6.08. The number of carbonyl (C=O) groups is 2. The summed E-state index contributed by atoms with van der Waals surface area (Å²) in [6.07, 6.45) is -3.24. The van der Waals surface area contributed by atoms with E-state index in [1.165, 1.54) is 22.9 Å². The van der Waals surface area contributed by atoms with E-state index in [-0.39, 0.29) is 28.9 Å². The van der Waals surface area contributed by atoms with Gasteiger partial charge in [0.2, 0.25) is 11.7 Å². The van der Waals surface area contributed by atoms with E-state index in [2.05, 4.69) is 25.7 Å². The van der Waals surface area contributed by atoms with Crippen LogP contribution >= 0.6 is 0 Å². The molecule has 172 valence electrons. The number of nitrogens with zero attached hydrogens (tertiary/aromatic N) is 4. The Morgan fingerprint density at radius 1 is 1.18 bits per heavy atom. The maximum Gasteiger partial charge on any atom is 0.416 e. The van der Waals surface area contributed by atoms with Crippen LogP contribution in [-0.2, 0) is 11.0 Å². The van der Waals surface area contributed by atoms with Crippen molar-refractivity contribution in [1.82, 2.24) is 25.1 Å². The molecule has 0 aliphatic carbocycles. The van der Waals surface area contributed by atoms with Crippen LogP contribution in [0.5, 0.6) is 0 Å². The quantitative estimate of drug-likeness (QED) is 0.570. The molecule has 1 amide bonds. The number of ketones is 1. The fourth-order valence-corrected chi connectivity index (χ4v) is 3.62. The molecule has 3 heterocycles. The Bertz CT molecular complexity index is 1220. The number of alkyl halides is 3. The lowest BCUT2D eigenvalue weighted by Gasteiger charge is -2.23. The average molecular weight is 458 g/mol. The van der Waals surface area contributed by atoms with Crippen molar-refractivity contribution in [1.29, 1.82) is 0 Å². The number of aryl methyl sites for hydroxylation is 2. The zero-order chi connectivity index (χ0) is 23.8. The SMILES string of the molecule is Cc1cc(C)n(-c2nc(NC3CCCNC3=O)cc(C(=O)c3cccc(C(F)(F)F)c3)n2)n1. The minimum Gasteiger partial charge on any atom is -0.358 e. The van der Waals surface area contributed by atoms with E-state index in [4.69, 9.17) is 0 Å². The molecule has 4 rings (SSSR count). The fourth-order valence-electron chi connectivity index (χ4n) is 3.62. The van der Waals surface area contributed by atoms with E-state index in [1.54, 1.807) is 19.9 Å². The predicted octanol–water partition coefficient (Wildman–Crippen LogP) is 3.22. The van der Waals surface area contributed by atoms with Crippen molar-refractivity contribution in [2.24, 2.45) is 0 Å². The van der Waals surface area contributed by atoms with Gasteiger partial charge in [-0.1, -0.05) is 12.1 Å². The summed E-state index contributed by atoms with van der Waals surface area (Å²) in [6.45, 7) is 4.15. The lowest BCUT2D eigenvalue weighted by molar-refractivity contribution is -0.137. The molecule has 3 aromatic rings. The number of halogens is 3. The molecule has 1 unspecified atom stereocenters. The number of amides is 1. The van der Waals surface area contributed by atoms with Crippen LogP contribution in [-0.4, -0.2) is 44.0 Å². The van der Waals surface area contributed by atoms with Crippen molar-refractivity contribution >= 4 is 17.5 Å². The van der Waals surface area contributed by atoms with Gasteiger partial charge in [0.25, 0.3) is 5.95 Å². The zero-order valence-electron chi connectivity index (χ0n) is 17.9. The highest BCUT2D eigenvalue weighted by atomic mass is 19.4. The van der Waals surface area contributed by atoms with Crippen molar-refractivity contribution in [2.45, 2.75) is 38.9 Å². The van der Waals surface area contributed by atoms with Crippen molar-refractivity contribution in [3.05, 3.63) is 64.6 Å². The van der Waals surface area contributed by atoms with Crippen LogP contribution in [0.4, 0.5) is 19.0 Å². The van der Waals surface area contributed by atoms with Crippen LogP contribution in [0.1, 0.15) is 45.8 Å². The molecule has 1 aromatic carbocycles. The molecule has 1 aliphatic heterocycles. The number of rotatable bonds is 5. The predicted molar refractivity (Wildman–Crippen MR) is 113 cm³/mol. The molecular weight excluding hydrogens is 437 g/mol. The van der Waals surface area contributed by atoms with Gasteiger partial charge in [0, 0.05) is 23.9 Å². The van der Waals surface area contributed by atoms with Gasteiger partial charge in [-0.3, -0.25) is 9.59 Å². The largest absolute Gasteiger partial charge is 0.416 e. The van der Waals surface area contributed by atoms with Gasteiger partial charge in [-0.2, -0.15) is 23.3 Å². The molecule has 1 atom stereocenters. The number of carbonyl (C=O) groups excluding carboxylic acids is 2. The van der Waals surface area contributed by atoms with Gasteiger partial charge < -0.3 is 10.6 Å². The minimum absolute atomic E-state index is 0.0668. The highest BCUT2D eigenvalue weighted by Gasteiger charge is 2.31. The Kier molecular flexibility index (Phi) is 5.88. The molecule has 0 saturated carbocycles. The van der Waals surface area contributed by atoms with Crippen LogP contribution in [0.25, 0.3) is 5.95 Å². The molecule has 1 aliphatic rings. The van der Waals surface area contributed by atoms with Crippen LogP contribution in [0.2, 0.25) is 0 Å². The summed E-state index contributed by atoms with van der Waals surface area (Å²) in [5, 5.41) is 10.1. The Balaban J connectivity index is 1.76. The number of anilines is 1. The minimum atomic E-state index is -4.59. The van der Waals surface area contributed by atoms with Gasteiger partial charge in [-0.05, 0) is 44.9 Å². The van der Waals surface area contributed by atoms with Crippen LogP contribution in [0.3, 0.4) is 0 Å². The monoisotopic (exact) mass is 458 g/mol. The molecule has 0 bridgehead atoms. The van der Waals surface area contributed by atoms with E-state index in [0.717, 1.165) is 18.6 Å². The summed E-state index contributed by atoms with van der Waals surface area (Å²) in [7, 11) is 0. The Labute approximate surface area is 187 Å². The third-order valence-electron chi connectivity index (χ3n) is 5.21. The van der Waals surface area contributed by atoms with E-state index in [0.29, 0.717) is 24.4 Å². The second-order valence-corrected chi connectivity index (χ2v) is 7.82. The van der Waals surface area contributed by atoms with Crippen LogP contribution in [0, 0.1) is 13.8 Å². The molecule has 2 aromatic heterocycles. The fraction of sp³-hybridized carbons (Fsp3) is 0.318. The van der Waals surface area contributed by atoms with E-state index >= 15 is 0 Å². The maximum atomic E-state index is 13.1. The number of piperidine rings is 1. The first-order valence-electron chi connectivity index (χ1n) is 10.3. The summed E-state index contributed by atoms with van der Waals surface area (Å²) >= 11 is 0. The first-order valence-corrected chi connectivity index (χ1v) is 10.3. The van der Waals surface area contributed by atoms with Gasteiger partial charge in [0.05, 0.1) is 11.3 Å². The molecule has 11 heteroatoms. The first kappa shape index (κ1) is 22.4. The van der Waals surface area contributed by atoms with E-state index in [9.17, 15) is 22.8 Å². The lowest BCUT2D eigenvalue weighted by atomic mass is 10.0. The second kappa shape index (κ2) is 8.64. The standard InChI is InChI=1S/C22H21F3N6O2/c1-12-9-13(2)31(30-12)21-28-17(11-18(29-21)27-16-7-4-8-26-20(16)33)19(32)14-5-3-6-15(10-14)22(23,24)25/h3,5-6,9-11,16H,4,7-8H2,1-2H3,(H,26,33)(H,27,28,29). The Hall–Kier alpha value is -3.76. The summed E-state index contributed by atoms with van der Waals surface area (Å²) in [4.78, 5) is 34.0. The van der Waals surface area contributed by atoms with Crippen molar-refractivity contribution in [3.63, 3.8) is 0 Å². The van der Waals surface area contributed by atoms with Gasteiger partial charge in [-0.15, -0.1) is 0 Å². The highest BCUT2D eigenvalue weighted by Crippen LogP contribution is 2.30. The number of nitrogens with one attached hydrogen (secondary N) is 2. The summed E-state index contributed by atoms with van der Waals surface area (Å²) < 4.78 is 40.8. The number of hydrogen-bond donors (Lipinski definition) is 2. The zero-order valence-corrected chi connectivity index (χ0v) is 17.9. The normalized spacial score (nSPS) is 16.4. The van der Waals surface area contributed by atoms with Gasteiger partial charge in [-0.25, -0.2) is 9.67 Å². The third-order valence-corrected chi connectivity index (χ3v) is 5.21. The molecular formula is C22H21F3N6O2.